The standard InChI is InChI=1S/C17H19NO5S2/c1-5-23-16(20)10(2)18-15(19)14(25-17(18)24)9-11-8-12(21-3)6-7-13(11)22-4/h6-10H,5H2,1-4H3/b14-9-. The molecule has 1 saturated heterocycles. The molecule has 0 spiro atoms. The van der Waals surface area contributed by atoms with Gasteiger partial charge in [-0.15, -0.1) is 0 Å². The van der Waals surface area contributed by atoms with E-state index in [9.17, 15) is 9.59 Å². The predicted molar refractivity (Wildman–Crippen MR) is 101 cm³/mol. The first kappa shape index (κ1) is 19.3. The van der Waals surface area contributed by atoms with Gasteiger partial charge in [0.15, 0.2) is 0 Å². The lowest BCUT2D eigenvalue weighted by Crippen LogP contribution is -2.42. The van der Waals surface area contributed by atoms with Gasteiger partial charge < -0.3 is 14.2 Å². The van der Waals surface area contributed by atoms with Gasteiger partial charge >= 0.3 is 5.97 Å². The molecule has 0 bridgehead atoms. The first-order valence-corrected chi connectivity index (χ1v) is 8.81. The van der Waals surface area contributed by atoms with E-state index >= 15 is 0 Å². The van der Waals surface area contributed by atoms with Crippen molar-refractivity contribution in [1.82, 2.24) is 4.90 Å². The molecule has 1 fully saturated rings. The SMILES string of the molecule is CCOC(=O)C(C)N1C(=O)/C(=C/c2cc(OC)ccc2OC)SC1=S. The van der Waals surface area contributed by atoms with Crippen molar-refractivity contribution < 1.29 is 23.8 Å². The van der Waals surface area contributed by atoms with Crippen LogP contribution >= 0.6 is 24.0 Å². The van der Waals surface area contributed by atoms with E-state index in [1.165, 1.54) is 4.90 Å². The highest BCUT2D eigenvalue weighted by Gasteiger charge is 2.38. The summed E-state index contributed by atoms with van der Waals surface area (Å²) in [6.07, 6.45) is 1.68. The third kappa shape index (κ3) is 4.13. The number of carbonyl (C=O) groups is 2. The van der Waals surface area contributed by atoms with Gasteiger partial charge in [-0.05, 0) is 38.1 Å². The average Bonchev–Trinajstić information content (AvgIpc) is 2.88. The van der Waals surface area contributed by atoms with Crippen LogP contribution in [0.1, 0.15) is 19.4 Å². The summed E-state index contributed by atoms with van der Waals surface area (Å²) in [5, 5.41) is 0. The molecule has 2 rings (SSSR count). The number of amides is 1. The highest BCUT2D eigenvalue weighted by molar-refractivity contribution is 8.26. The summed E-state index contributed by atoms with van der Waals surface area (Å²) in [4.78, 5) is 26.3. The van der Waals surface area contributed by atoms with Crippen molar-refractivity contribution in [3.05, 3.63) is 28.7 Å². The van der Waals surface area contributed by atoms with Crippen LogP contribution in [-0.2, 0) is 14.3 Å². The number of methoxy groups -OCH3 is 2. The van der Waals surface area contributed by atoms with E-state index < -0.39 is 12.0 Å². The number of carbonyl (C=O) groups excluding carboxylic acids is 2. The quantitative estimate of drug-likeness (QED) is 0.426. The van der Waals surface area contributed by atoms with Crippen LogP contribution in [0, 0.1) is 0 Å². The number of nitrogens with zero attached hydrogens (tertiary/aromatic N) is 1. The third-order valence-corrected chi connectivity index (χ3v) is 4.89. The number of esters is 1. The van der Waals surface area contributed by atoms with Crippen molar-refractivity contribution >= 4 is 46.3 Å². The molecule has 1 aliphatic rings. The summed E-state index contributed by atoms with van der Waals surface area (Å²) in [5.41, 5.74) is 0.686. The minimum Gasteiger partial charge on any atom is -0.497 e. The molecule has 0 radical (unpaired) electrons. The maximum atomic E-state index is 12.7. The molecule has 1 unspecified atom stereocenters. The van der Waals surface area contributed by atoms with Crippen LogP contribution in [0.4, 0.5) is 0 Å². The maximum absolute atomic E-state index is 12.7. The first-order valence-electron chi connectivity index (χ1n) is 7.58. The van der Waals surface area contributed by atoms with Gasteiger partial charge in [0.05, 0.1) is 25.7 Å². The van der Waals surface area contributed by atoms with Gasteiger partial charge in [0.2, 0.25) is 0 Å². The molecule has 1 aromatic rings. The second-order valence-corrected chi connectivity index (χ2v) is 6.76. The average molecular weight is 381 g/mol. The highest BCUT2D eigenvalue weighted by atomic mass is 32.2. The number of benzene rings is 1. The van der Waals surface area contributed by atoms with Crippen molar-refractivity contribution in [2.75, 3.05) is 20.8 Å². The monoisotopic (exact) mass is 381 g/mol. The first-order chi connectivity index (χ1) is 11.9. The number of hydrogen-bond donors (Lipinski definition) is 0. The summed E-state index contributed by atoms with van der Waals surface area (Å²) in [5.74, 6) is 0.423. The Morgan fingerprint density at radius 1 is 1.36 bits per heavy atom. The predicted octanol–water partition coefficient (Wildman–Crippen LogP) is 2.86. The fourth-order valence-corrected chi connectivity index (χ4v) is 3.68. The molecule has 8 heteroatoms. The summed E-state index contributed by atoms with van der Waals surface area (Å²) >= 11 is 6.40. The van der Waals surface area contributed by atoms with Crippen LogP contribution in [0.5, 0.6) is 11.5 Å². The molecule has 6 nitrogen and oxygen atoms in total. The lowest BCUT2D eigenvalue weighted by molar-refractivity contribution is -0.149. The van der Waals surface area contributed by atoms with E-state index in [1.54, 1.807) is 52.3 Å². The van der Waals surface area contributed by atoms with Crippen LogP contribution in [0.2, 0.25) is 0 Å². The molecule has 0 aromatic heterocycles. The molecule has 0 aliphatic carbocycles. The zero-order chi connectivity index (χ0) is 18.6. The normalized spacial score (nSPS) is 17.0. The van der Waals surface area contributed by atoms with Crippen LogP contribution in [0.3, 0.4) is 0 Å². The fraction of sp³-hybridized carbons (Fsp3) is 0.353. The van der Waals surface area contributed by atoms with Gasteiger partial charge in [0.1, 0.15) is 21.9 Å². The molecule has 1 amide bonds. The summed E-state index contributed by atoms with van der Waals surface area (Å²) in [7, 11) is 3.11. The van der Waals surface area contributed by atoms with Gasteiger partial charge in [0, 0.05) is 5.56 Å². The molecule has 0 N–H and O–H groups in total. The highest BCUT2D eigenvalue weighted by Crippen LogP contribution is 2.36. The number of thioether (sulfide) groups is 1. The van der Waals surface area contributed by atoms with Crippen molar-refractivity contribution in [3.8, 4) is 11.5 Å². The summed E-state index contributed by atoms with van der Waals surface area (Å²) in [6, 6.07) is 4.52. The van der Waals surface area contributed by atoms with Crippen molar-refractivity contribution in [2.24, 2.45) is 0 Å². The van der Waals surface area contributed by atoms with Gasteiger partial charge in [-0.3, -0.25) is 9.69 Å². The molecule has 134 valence electrons. The number of thiocarbonyl (C=S) groups is 1. The molecule has 1 heterocycles. The van der Waals surface area contributed by atoms with E-state index in [-0.39, 0.29) is 12.5 Å². The molecule has 1 aromatic carbocycles. The van der Waals surface area contributed by atoms with Crippen LogP contribution in [0.15, 0.2) is 23.1 Å². The minimum atomic E-state index is -0.773. The second kappa shape index (κ2) is 8.35. The van der Waals surface area contributed by atoms with Crippen molar-refractivity contribution in [3.63, 3.8) is 0 Å². The largest absolute Gasteiger partial charge is 0.497 e. The zero-order valence-corrected chi connectivity index (χ0v) is 16.0. The van der Waals surface area contributed by atoms with Crippen molar-refractivity contribution in [2.45, 2.75) is 19.9 Å². The zero-order valence-electron chi connectivity index (χ0n) is 14.4. The molecular formula is C17H19NO5S2. The van der Waals surface area contributed by atoms with E-state index in [1.807, 2.05) is 0 Å². The molecule has 1 aliphatic heterocycles. The third-order valence-electron chi connectivity index (χ3n) is 3.56. The Labute approximate surface area is 156 Å². The van der Waals surface area contributed by atoms with Crippen LogP contribution in [-0.4, -0.2) is 48.0 Å². The van der Waals surface area contributed by atoms with E-state index in [0.29, 0.717) is 26.3 Å². The van der Waals surface area contributed by atoms with E-state index in [0.717, 1.165) is 11.8 Å². The fourth-order valence-electron chi connectivity index (χ4n) is 2.28. The number of rotatable bonds is 6. The molecule has 0 saturated carbocycles. The van der Waals surface area contributed by atoms with Gasteiger partial charge in [-0.25, -0.2) is 4.79 Å². The van der Waals surface area contributed by atoms with E-state index in [2.05, 4.69) is 0 Å². The van der Waals surface area contributed by atoms with Gasteiger partial charge in [-0.1, -0.05) is 24.0 Å². The smallest absolute Gasteiger partial charge is 0.329 e. The Balaban J connectivity index is 2.33. The van der Waals surface area contributed by atoms with Crippen LogP contribution < -0.4 is 9.47 Å². The lowest BCUT2D eigenvalue weighted by Gasteiger charge is -2.21. The van der Waals surface area contributed by atoms with Gasteiger partial charge in [0.25, 0.3) is 5.91 Å². The Morgan fingerprint density at radius 3 is 2.68 bits per heavy atom. The topological polar surface area (TPSA) is 65.1 Å². The summed E-state index contributed by atoms with van der Waals surface area (Å²) < 4.78 is 15.8. The minimum absolute atomic E-state index is 0.245. The Kier molecular flexibility index (Phi) is 6.44. The Bertz CT molecular complexity index is 732. The number of ether oxygens (including phenoxy) is 3. The second-order valence-electron chi connectivity index (χ2n) is 5.09. The lowest BCUT2D eigenvalue weighted by atomic mass is 10.1. The number of hydrogen-bond acceptors (Lipinski definition) is 7. The summed E-state index contributed by atoms with van der Waals surface area (Å²) in [6.45, 7) is 3.55. The molecular weight excluding hydrogens is 362 g/mol. The molecule has 1 atom stereocenters. The Morgan fingerprint density at radius 2 is 2.08 bits per heavy atom. The van der Waals surface area contributed by atoms with Crippen molar-refractivity contribution in [1.29, 1.82) is 0 Å². The molecule has 25 heavy (non-hydrogen) atoms. The van der Waals surface area contributed by atoms with Crippen LogP contribution in [0.25, 0.3) is 6.08 Å². The van der Waals surface area contributed by atoms with Gasteiger partial charge in [-0.2, -0.15) is 0 Å². The Hall–Kier alpha value is -2.06. The van der Waals surface area contributed by atoms with E-state index in [4.69, 9.17) is 26.4 Å². The maximum Gasteiger partial charge on any atom is 0.329 e.